The van der Waals surface area contributed by atoms with Gasteiger partial charge in [-0.1, -0.05) is 29.4 Å². The van der Waals surface area contributed by atoms with Gasteiger partial charge in [-0.15, -0.1) is 21.5 Å². The fourth-order valence-electron chi connectivity index (χ4n) is 2.45. The zero-order valence-electron chi connectivity index (χ0n) is 16.7. The van der Waals surface area contributed by atoms with Gasteiger partial charge in [0.25, 0.3) is 11.1 Å². The number of likely N-dealkylation sites (N-methyl/N-ethyl adjacent to an activating group) is 1. The Morgan fingerprint density at radius 1 is 1.26 bits per heavy atom. The summed E-state index contributed by atoms with van der Waals surface area (Å²) in [6, 6.07) is 10.8. The van der Waals surface area contributed by atoms with Gasteiger partial charge < -0.3 is 19.4 Å². The second kappa shape index (κ2) is 11.7. The zero-order chi connectivity index (χ0) is 22.1. The van der Waals surface area contributed by atoms with Crippen LogP contribution in [-0.4, -0.2) is 45.8 Å². The van der Waals surface area contributed by atoms with E-state index >= 15 is 0 Å². The van der Waals surface area contributed by atoms with Crippen molar-refractivity contribution in [3.8, 4) is 5.75 Å². The molecule has 0 fully saturated rings. The van der Waals surface area contributed by atoms with Gasteiger partial charge in [0, 0.05) is 16.4 Å². The number of nitrogens with one attached hydrogen (secondary N) is 1. The SMILES string of the molecule is CCN(CC(=O)NCc1cccs1)C(=O)CSc1nnc(COc2ccc(Cl)cc2)o1. The van der Waals surface area contributed by atoms with Crippen molar-refractivity contribution in [3.05, 3.63) is 57.6 Å². The monoisotopic (exact) mass is 480 g/mol. The summed E-state index contributed by atoms with van der Waals surface area (Å²) in [5, 5.41) is 13.5. The molecule has 164 valence electrons. The fraction of sp³-hybridized carbons (Fsp3) is 0.300. The van der Waals surface area contributed by atoms with Crippen LogP contribution in [0.15, 0.2) is 51.4 Å². The molecule has 0 saturated heterocycles. The van der Waals surface area contributed by atoms with E-state index in [-0.39, 0.29) is 35.9 Å². The number of ether oxygens (including phenoxy) is 1. The molecule has 0 bridgehead atoms. The first-order valence-corrected chi connectivity index (χ1v) is 11.7. The standard InChI is InChI=1S/C20H21ClN4O4S2/c1-2-25(11-17(26)22-10-16-4-3-9-30-16)19(27)13-31-20-24-23-18(29-20)12-28-15-7-5-14(21)6-8-15/h3-9H,2,10-13H2,1H3,(H,22,26). The molecule has 0 aliphatic heterocycles. The first kappa shape index (κ1) is 23.1. The second-order valence-corrected chi connectivity index (χ2v) is 8.65. The summed E-state index contributed by atoms with van der Waals surface area (Å²) in [4.78, 5) is 27.1. The van der Waals surface area contributed by atoms with E-state index in [9.17, 15) is 9.59 Å². The molecule has 2 heterocycles. The minimum absolute atomic E-state index is 0.00524. The Bertz CT molecular complexity index is 979. The van der Waals surface area contributed by atoms with E-state index in [2.05, 4.69) is 15.5 Å². The predicted molar refractivity (Wildman–Crippen MR) is 119 cm³/mol. The van der Waals surface area contributed by atoms with E-state index in [4.69, 9.17) is 20.8 Å². The molecule has 0 radical (unpaired) electrons. The summed E-state index contributed by atoms with van der Waals surface area (Å²) in [7, 11) is 0. The summed E-state index contributed by atoms with van der Waals surface area (Å²) < 4.78 is 11.0. The van der Waals surface area contributed by atoms with Crippen molar-refractivity contribution in [2.45, 2.75) is 25.3 Å². The second-order valence-electron chi connectivity index (χ2n) is 6.26. The van der Waals surface area contributed by atoms with E-state index in [0.717, 1.165) is 16.6 Å². The number of aromatic nitrogens is 2. The number of hydrogen-bond acceptors (Lipinski definition) is 8. The molecule has 2 amide bonds. The Morgan fingerprint density at radius 3 is 2.77 bits per heavy atom. The van der Waals surface area contributed by atoms with Gasteiger partial charge in [0.15, 0.2) is 6.61 Å². The van der Waals surface area contributed by atoms with E-state index < -0.39 is 0 Å². The Balaban J connectivity index is 1.41. The summed E-state index contributed by atoms with van der Waals surface area (Å²) in [5.41, 5.74) is 0. The van der Waals surface area contributed by atoms with Gasteiger partial charge in [-0.05, 0) is 42.6 Å². The first-order chi connectivity index (χ1) is 15.0. The fourth-order valence-corrected chi connectivity index (χ4v) is 3.90. The lowest BCUT2D eigenvalue weighted by molar-refractivity contribution is -0.133. The molecule has 3 aromatic rings. The Hall–Kier alpha value is -2.56. The van der Waals surface area contributed by atoms with Crippen LogP contribution in [0.4, 0.5) is 0 Å². The number of hydrogen-bond donors (Lipinski definition) is 1. The number of rotatable bonds is 11. The van der Waals surface area contributed by atoms with Gasteiger partial charge in [0.05, 0.1) is 18.8 Å². The summed E-state index contributed by atoms with van der Waals surface area (Å²) in [6.07, 6.45) is 0. The minimum Gasteiger partial charge on any atom is -0.484 e. The van der Waals surface area contributed by atoms with Crippen LogP contribution < -0.4 is 10.1 Å². The molecule has 0 aliphatic carbocycles. The maximum Gasteiger partial charge on any atom is 0.277 e. The molecule has 0 unspecified atom stereocenters. The van der Waals surface area contributed by atoms with Crippen molar-refractivity contribution >= 4 is 46.5 Å². The van der Waals surface area contributed by atoms with Gasteiger partial charge in [0.2, 0.25) is 11.8 Å². The van der Waals surface area contributed by atoms with Crippen molar-refractivity contribution in [1.29, 1.82) is 0 Å². The third kappa shape index (κ3) is 7.57. The highest BCUT2D eigenvalue weighted by Gasteiger charge is 2.17. The van der Waals surface area contributed by atoms with Crippen molar-refractivity contribution in [2.75, 3.05) is 18.8 Å². The average molecular weight is 481 g/mol. The molecule has 1 aromatic carbocycles. The maximum atomic E-state index is 12.5. The van der Waals surface area contributed by atoms with Crippen LogP contribution >= 0.6 is 34.7 Å². The molecule has 0 spiro atoms. The zero-order valence-corrected chi connectivity index (χ0v) is 19.1. The smallest absolute Gasteiger partial charge is 0.277 e. The van der Waals surface area contributed by atoms with Crippen LogP contribution in [-0.2, 0) is 22.7 Å². The van der Waals surface area contributed by atoms with Crippen molar-refractivity contribution < 1.29 is 18.7 Å². The van der Waals surface area contributed by atoms with E-state index in [1.807, 2.05) is 24.4 Å². The third-order valence-electron chi connectivity index (χ3n) is 4.05. The molecule has 2 aromatic heterocycles. The molecule has 11 heteroatoms. The highest BCUT2D eigenvalue weighted by molar-refractivity contribution is 7.99. The highest BCUT2D eigenvalue weighted by Crippen LogP contribution is 2.19. The van der Waals surface area contributed by atoms with E-state index in [1.54, 1.807) is 35.6 Å². The Morgan fingerprint density at radius 2 is 2.06 bits per heavy atom. The van der Waals surface area contributed by atoms with Gasteiger partial charge in [-0.3, -0.25) is 9.59 Å². The lowest BCUT2D eigenvalue weighted by Gasteiger charge is -2.19. The number of thiophene rings is 1. The van der Waals surface area contributed by atoms with E-state index in [1.165, 1.54) is 4.90 Å². The quantitative estimate of drug-likeness (QED) is 0.418. The molecule has 0 atom stereocenters. The number of carbonyl (C=O) groups excluding carboxylic acids is 2. The molecular weight excluding hydrogens is 460 g/mol. The van der Waals surface area contributed by atoms with Gasteiger partial charge in [-0.25, -0.2) is 0 Å². The molecule has 3 rings (SSSR count). The van der Waals surface area contributed by atoms with Crippen LogP contribution in [0.2, 0.25) is 5.02 Å². The molecule has 0 saturated carbocycles. The normalized spacial score (nSPS) is 10.6. The average Bonchev–Trinajstić information content (AvgIpc) is 3.46. The highest BCUT2D eigenvalue weighted by atomic mass is 35.5. The van der Waals surface area contributed by atoms with Crippen molar-refractivity contribution in [3.63, 3.8) is 0 Å². The number of halogens is 1. The maximum absolute atomic E-state index is 12.5. The largest absolute Gasteiger partial charge is 0.484 e. The number of benzene rings is 1. The molecular formula is C20H21ClN4O4S2. The molecule has 31 heavy (non-hydrogen) atoms. The summed E-state index contributed by atoms with van der Waals surface area (Å²) in [6.45, 7) is 2.82. The van der Waals surface area contributed by atoms with Crippen molar-refractivity contribution in [1.82, 2.24) is 20.4 Å². The number of carbonyl (C=O) groups is 2. The summed E-state index contributed by atoms with van der Waals surface area (Å²) in [5.74, 6) is 0.628. The summed E-state index contributed by atoms with van der Waals surface area (Å²) >= 11 is 8.53. The minimum atomic E-state index is -0.201. The molecule has 0 aliphatic rings. The van der Waals surface area contributed by atoms with Crippen LogP contribution in [0.5, 0.6) is 5.75 Å². The first-order valence-electron chi connectivity index (χ1n) is 9.44. The lowest BCUT2D eigenvalue weighted by Crippen LogP contribution is -2.41. The number of thioether (sulfide) groups is 1. The Labute approximate surface area is 192 Å². The van der Waals surface area contributed by atoms with E-state index in [0.29, 0.717) is 29.8 Å². The topological polar surface area (TPSA) is 97.6 Å². The van der Waals surface area contributed by atoms with Gasteiger partial charge in [0.1, 0.15) is 5.75 Å². The van der Waals surface area contributed by atoms with Gasteiger partial charge in [-0.2, -0.15) is 0 Å². The molecule has 1 N–H and O–H groups in total. The number of amides is 2. The van der Waals surface area contributed by atoms with Crippen LogP contribution in [0.1, 0.15) is 17.7 Å². The molecule has 8 nitrogen and oxygen atoms in total. The third-order valence-corrected chi connectivity index (χ3v) is 5.98. The number of nitrogens with zero attached hydrogens (tertiary/aromatic N) is 3. The lowest BCUT2D eigenvalue weighted by atomic mass is 10.3. The van der Waals surface area contributed by atoms with Crippen LogP contribution in [0.25, 0.3) is 0 Å². The van der Waals surface area contributed by atoms with Gasteiger partial charge >= 0.3 is 0 Å². The van der Waals surface area contributed by atoms with Crippen LogP contribution in [0, 0.1) is 0 Å². The van der Waals surface area contributed by atoms with Crippen LogP contribution in [0.3, 0.4) is 0 Å². The predicted octanol–water partition coefficient (Wildman–Crippen LogP) is 3.62. The Kier molecular flexibility index (Phi) is 8.74. The van der Waals surface area contributed by atoms with Crippen molar-refractivity contribution in [2.24, 2.45) is 0 Å².